The van der Waals surface area contributed by atoms with E-state index in [-0.39, 0.29) is 5.97 Å². The molecule has 1 rings (SSSR count). The van der Waals surface area contributed by atoms with Gasteiger partial charge in [0.2, 0.25) is 0 Å². The van der Waals surface area contributed by atoms with Crippen molar-refractivity contribution in [3.8, 4) is 0 Å². The maximum Gasteiger partial charge on any atom is 0.305 e. The second kappa shape index (κ2) is 7.67. The summed E-state index contributed by atoms with van der Waals surface area (Å²) in [4.78, 5) is 13.6. The van der Waals surface area contributed by atoms with E-state index >= 15 is 0 Å². The number of hydrogen-bond donors (Lipinski definition) is 1. The van der Waals surface area contributed by atoms with E-state index in [0.29, 0.717) is 25.1 Å². The molecule has 0 spiro atoms. The topological polar surface area (TPSA) is 41.6 Å². The molecular weight excluding hydrogens is 216 g/mol. The number of nitrogens with one attached hydrogen (secondary N) is 1. The lowest BCUT2D eigenvalue weighted by Gasteiger charge is -2.20. The monoisotopic (exact) mass is 242 g/mol. The van der Waals surface area contributed by atoms with Crippen LogP contribution in [0.25, 0.3) is 0 Å². The average Bonchev–Trinajstić information content (AvgIpc) is 2.73. The van der Waals surface area contributed by atoms with Crippen LogP contribution in [0.5, 0.6) is 0 Å². The molecule has 100 valence electrons. The summed E-state index contributed by atoms with van der Waals surface area (Å²) in [5.41, 5.74) is 0. The van der Waals surface area contributed by atoms with Gasteiger partial charge in [-0.15, -0.1) is 0 Å². The molecule has 1 fully saturated rings. The molecule has 4 heteroatoms. The van der Waals surface area contributed by atoms with E-state index in [4.69, 9.17) is 4.74 Å². The number of rotatable bonds is 7. The maximum absolute atomic E-state index is 11.1. The Morgan fingerprint density at radius 3 is 2.88 bits per heavy atom. The Morgan fingerprint density at radius 1 is 1.53 bits per heavy atom. The quantitative estimate of drug-likeness (QED) is 0.541. The highest BCUT2D eigenvalue weighted by molar-refractivity contribution is 5.69. The SMILES string of the molecule is CCOC(=O)CCCNC1CCN(C(C)C)C1. The molecule has 0 aromatic heterocycles. The van der Waals surface area contributed by atoms with Crippen LogP contribution < -0.4 is 5.32 Å². The van der Waals surface area contributed by atoms with E-state index < -0.39 is 0 Å². The summed E-state index contributed by atoms with van der Waals surface area (Å²) in [5.74, 6) is -0.0791. The molecule has 1 unspecified atom stereocenters. The predicted molar refractivity (Wildman–Crippen MR) is 69.0 cm³/mol. The molecule has 1 saturated heterocycles. The summed E-state index contributed by atoms with van der Waals surface area (Å²) in [6.07, 6.45) is 2.62. The van der Waals surface area contributed by atoms with Crippen LogP contribution in [0.4, 0.5) is 0 Å². The zero-order valence-electron chi connectivity index (χ0n) is 11.4. The standard InChI is InChI=1S/C13H26N2O2/c1-4-17-13(16)6-5-8-14-12-7-9-15(10-12)11(2)3/h11-12,14H,4-10H2,1-3H3. The van der Waals surface area contributed by atoms with Crippen molar-refractivity contribution >= 4 is 5.97 Å². The number of esters is 1. The maximum atomic E-state index is 11.1. The van der Waals surface area contributed by atoms with Gasteiger partial charge in [-0.1, -0.05) is 0 Å². The molecule has 0 radical (unpaired) electrons. The molecule has 0 bridgehead atoms. The number of carbonyl (C=O) groups excluding carboxylic acids is 1. The summed E-state index contributed by atoms with van der Waals surface area (Å²) >= 11 is 0. The largest absolute Gasteiger partial charge is 0.466 e. The average molecular weight is 242 g/mol. The van der Waals surface area contributed by atoms with Gasteiger partial charge in [0.05, 0.1) is 6.61 Å². The number of likely N-dealkylation sites (tertiary alicyclic amines) is 1. The number of ether oxygens (including phenoxy) is 1. The van der Waals surface area contributed by atoms with Gasteiger partial charge in [0.1, 0.15) is 0 Å². The summed E-state index contributed by atoms with van der Waals surface area (Å²) in [6.45, 7) is 10.0. The smallest absolute Gasteiger partial charge is 0.305 e. The second-order valence-corrected chi connectivity index (χ2v) is 4.94. The minimum Gasteiger partial charge on any atom is -0.466 e. The minimum absolute atomic E-state index is 0.0791. The van der Waals surface area contributed by atoms with Crippen molar-refractivity contribution in [1.29, 1.82) is 0 Å². The lowest BCUT2D eigenvalue weighted by molar-refractivity contribution is -0.143. The van der Waals surface area contributed by atoms with Crippen molar-refractivity contribution in [3.05, 3.63) is 0 Å². The fourth-order valence-electron chi connectivity index (χ4n) is 2.20. The van der Waals surface area contributed by atoms with Gasteiger partial charge in [-0.25, -0.2) is 0 Å². The molecular formula is C13H26N2O2. The summed E-state index contributed by atoms with van der Waals surface area (Å²) in [7, 11) is 0. The first-order valence-electron chi connectivity index (χ1n) is 6.76. The Balaban J connectivity index is 2.02. The van der Waals surface area contributed by atoms with Crippen molar-refractivity contribution in [2.24, 2.45) is 0 Å². The van der Waals surface area contributed by atoms with E-state index in [2.05, 4.69) is 24.1 Å². The van der Waals surface area contributed by atoms with Crippen LogP contribution in [0.3, 0.4) is 0 Å². The third kappa shape index (κ3) is 5.50. The molecule has 17 heavy (non-hydrogen) atoms. The lowest BCUT2D eigenvalue weighted by atomic mass is 10.2. The molecule has 1 aliphatic rings. The Bertz CT molecular complexity index is 231. The molecule has 0 amide bonds. The van der Waals surface area contributed by atoms with Gasteiger partial charge in [0, 0.05) is 25.0 Å². The molecule has 0 aromatic carbocycles. The van der Waals surface area contributed by atoms with Crippen molar-refractivity contribution in [2.75, 3.05) is 26.2 Å². The van der Waals surface area contributed by atoms with E-state index in [1.807, 2.05) is 6.92 Å². The predicted octanol–water partition coefficient (Wildman–Crippen LogP) is 1.40. The third-order valence-corrected chi connectivity index (χ3v) is 3.25. The molecule has 0 aliphatic carbocycles. The van der Waals surface area contributed by atoms with Crippen LogP contribution in [-0.4, -0.2) is 49.2 Å². The Morgan fingerprint density at radius 2 is 2.29 bits per heavy atom. The highest BCUT2D eigenvalue weighted by Crippen LogP contribution is 2.12. The van der Waals surface area contributed by atoms with Gasteiger partial charge >= 0.3 is 5.97 Å². The van der Waals surface area contributed by atoms with Crippen molar-refractivity contribution in [2.45, 2.75) is 52.1 Å². The number of nitrogens with zero attached hydrogens (tertiary/aromatic N) is 1. The van der Waals surface area contributed by atoms with Crippen molar-refractivity contribution in [3.63, 3.8) is 0 Å². The molecule has 1 heterocycles. The Labute approximate surface area is 105 Å². The van der Waals surface area contributed by atoms with Gasteiger partial charge < -0.3 is 10.1 Å². The first-order chi connectivity index (χ1) is 8.13. The molecule has 0 saturated carbocycles. The van der Waals surface area contributed by atoms with Crippen LogP contribution in [0.15, 0.2) is 0 Å². The van der Waals surface area contributed by atoms with Gasteiger partial charge in [0.25, 0.3) is 0 Å². The van der Waals surface area contributed by atoms with E-state index in [0.717, 1.165) is 19.5 Å². The molecule has 1 atom stereocenters. The van der Waals surface area contributed by atoms with E-state index in [1.54, 1.807) is 0 Å². The third-order valence-electron chi connectivity index (χ3n) is 3.25. The minimum atomic E-state index is -0.0791. The highest BCUT2D eigenvalue weighted by Gasteiger charge is 2.23. The molecule has 0 aromatic rings. The van der Waals surface area contributed by atoms with Crippen molar-refractivity contribution in [1.82, 2.24) is 10.2 Å². The second-order valence-electron chi connectivity index (χ2n) is 4.94. The first kappa shape index (κ1) is 14.5. The normalized spacial score (nSPS) is 21.1. The zero-order valence-corrected chi connectivity index (χ0v) is 11.4. The van der Waals surface area contributed by atoms with Crippen LogP contribution in [0.2, 0.25) is 0 Å². The summed E-state index contributed by atoms with van der Waals surface area (Å²) < 4.78 is 4.89. The van der Waals surface area contributed by atoms with Crippen LogP contribution in [0.1, 0.15) is 40.0 Å². The van der Waals surface area contributed by atoms with Gasteiger partial charge in [-0.2, -0.15) is 0 Å². The summed E-state index contributed by atoms with van der Waals surface area (Å²) in [5, 5.41) is 3.51. The number of hydrogen-bond acceptors (Lipinski definition) is 4. The van der Waals surface area contributed by atoms with Crippen LogP contribution in [-0.2, 0) is 9.53 Å². The Hall–Kier alpha value is -0.610. The highest BCUT2D eigenvalue weighted by atomic mass is 16.5. The van der Waals surface area contributed by atoms with Crippen LogP contribution in [0, 0.1) is 0 Å². The van der Waals surface area contributed by atoms with Gasteiger partial charge in [-0.3, -0.25) is 9.69 Å². The molecule has 1 aliphatic heterocycles. The summed E-state index contributed by atoms with van der Waals surface area (Å²) in [6, 6.07) is 1.24. The van der Waals surface area contributed by atoms with E-state index in [9.17, 15) is 4.79 Å². The van der Waals surface area contributed by atoms with Gasteiger partial charge in [-0.05, 0) is 46.7 Å². The number of carbonyl (C=O) groups is 1. The Kier molecular flexibility index (Phi) is 6.52. The molecule has 1 N–H and O–H groups in total. The van der Waals surface area contributed by atoms with E-state index in [1.165, 1.54) is 13.0 Å². The van der Waals surface area contributed by atoms with Gasteiger partial charge in [0.15, 0.2) is 0 Å². The fourth-order valence-corrected chi connectivity index (χ4v) is 2.20. The zero-order chi connectivity index (χ0) is 12.7. The van der Waals surface area contributed by atoms with Crippen LogP contribution >= 0.6 is 0 Å². The lowest BCUT2D eigenvalue weighted by Crippen LogP contribution is -2.35. The first-order valence-corrected chi connectivity index (χ1v) is 6.76. The fraction of sp³-hybridized carbons (Fsp3) is 0.923. The molecule has 4 nitrogen and oxygen atoms in total. The van der Waals surface area contributed by atoms with Crippen molar-refractivity contribution < 1.29 is 9.53 Å².